The molecule has 0 radical (unpaired) electrons. The Bertz CT molecular complexity index is 3520. The summed E-state index contributed by atoms with van der Waals surface area (Å²) in [6.07, 6.45) is 2.35. The third kappa shape index (κ3) is 8.92. The van der Waals surface area contributed by atoms with E-state index in [0.29, 0.717) is 45.0 Å². The molecular formula is C51H40Cl2F2N6O8S2. The Morgan fingerprint density at radius 3 is 1.51 bits per heavy atom. The van der Waals surface area contributed by atoms with Crippen LogP contribution in [0.4, 0.5) is 18.8 Å². The van der Waals surface area contributed by atoms with Gasteiger partial charge < -0.3 is 39.7 Å². The Hall–Kier alpha value is -7.38. The first kappa shape index (κ1) is 48.6. The van der Waals surface area contributed by atoms with Gasteiger partial charge in [-0.15, -0.1) is 0 Å². The number of amides is 2. The number of nitrogens with zero attached hydrogens (tertiary/aromatic N) is 6. The zero-order chi connectivity index (χ0) is 50.4. The van der Waals surface area contributed by atoms with Crippen LogP contribution in [0.25, 0.3) is 65.6 Å². The average Bonchev–Trinajstić information content (AvgIpc) is 4.00. The summed E-state index contributed by atoms with van der Waals surface area (Å²) in [4.78, 5) is 55.2. The molecule has 2 saturated heterocycles. The number of aromatic hydroxyl groups is 2. The molecule has 2 aliphatic heterocycles. The summed E-state index contributed by atoms with van der Waals surface area (Å²) in [6, 6.07) is 22.1. The van der Waals surface area contributed by atoms with Crippen molar-refractivity contribution in [2.45, 2.75) is 12.1 Å². The van der Waals surface area contributed by atoms with Gasteiger partial charge in [0.1, 0.15) is 44.6 Å². The highest BCUT2D eigenvalue weighted by Crippen LogP contribution is 2.46. The highest BCUT2D eigenvalue weighted by Gasteiger charge is 2.38. The van der Waals surface area contributed by atoms with Crippen molar-refractivity contribution >= 4 is 123 Å². The molecule has 4 heterocycles. The van der Waals surface area contributed by atoms with E-state index in [1.807, 2.05) is 48.5 Å². The molecule has 14 nitrogen and oxygen atoms in total. The van der Waals surface area contributed by atoms with Crippen LogP contribution < -0.4 is 9.80 Å². The van der Waals surface area contributed by atoms with E-state index in [1.54, 1.807) is 34.1 Å². The number of halogens is 4. The number of hydrogen-bond donors (Lipinski definition) is 3. The van der Waals surface area contributed by atoms with Crippen LogP contribution in [0, 0.1) is 11.6 Å². The molecule has 362 valence electrons. The maximum Gasteiger partial charge on any atom is 0.330 e. The van der Waals surface area contributed by atoms with Crippen LogP contribution >= 0.6 is 46.3 Å². The molecule has 2 aromatic heterocycles. The van der Waals surface area contributed by atoms with Crippen molar-refractivity contribution in [3.8, 4) is 33.8 Å². The molecule has 3 N–H and O–H groups in total. The van der Waals surface area contributed by atoms with E-state index in [-0.39, 0.29) is 81.7 Å². The van der Waals surface area contributed by atoms with Gasteiger partial charge in [-0.2, -0.15) is 8.75 Å². The molecule has 2 unspecified atom stereocenters. The number of rotatable bonds is 8. The first-order valence-corrected chi connectivity index (χ1v) is 24.1. The van der Waals surface area contributed by atoms with Gasteiger partial charge in [0, 0.05) is 48.1 Å². The largest absolute Gasteiger partial charge is 0.508 e. The lowest BCUT2D eigenvalue weighted by molar-refractivity contribution is -0.144. The van der Waals surface area contributed by atoms with Crippen molar-refractivity contribution in [1.29, 1.82) is 0 Å². The van der Waals surface area contributed by atoms with Gasteiger partial charge in [0.2, 0.25) is 11.8 Å². The van der Waals surface area contributed by atoms with Crippen LogP contribution in [0.5, 0.6) is 11.5 Å². The minimum absolute atomic E-state index is 0.00825. The van der Waals surface area contributed by atoms with E-state index >= 15 is 8.78 Å². The van der Waals surface area contributed by atoms with E-state index < -0.39 is 35.7 Å². The number of carboxylic acids is 1. The van der Waals surface area contributed by atoms with E-state index in [0.717, 1.165) is 50.7 Å². The molecule has 2 aliphatic rings. The maximum atomic E-state index is 16.0. The van der Waals surface area contributed by atoms with Crippen LogP contribution in [0.15, 0.2) is 110 Å². The lowest BCUT2D eigenvalue weighted by atomic mass is 9.96. The number of aromatic nitrogens is 2. The average molecular weight is 1040 g/mol. The highest BCUT2D eigenvalue weighted by atomic mass is 35.5. The molecule has 10 rings (SSSR count). The molecule has 6 aromatic carbocycles. The predicted molar refractivity (Wildman–Crippen MR) is 274 cm³/mol. The van der Waals surface area contributed by atoms with Gasteiger partial charge in [0.15, 0.2) is 11.6 Å². The van der Waals surface area contributed by atoms with E-state index in [4.69, 9.17) is 27.9 Å². The minimum Gasteiger partial charge on any atom is -0.508 e. The molecule has 0 aliphatic carbocycles. The fourth-order valence-electron chi connectivity index (χ4n) is 9.17. The van der Waals surface area contributed by atoms with Crippen LogP contribution in [-0.2, 0) is 23.9 Å². The number of carboxylic acid groups (broad SMARTS) is 1. The monoisotopic (exact) mass is 1040 g/mol. The summed E-state index contributed by atoms with van der Waals surface area (Å²) in [6.45, 7) is 8.21. The molecule has 0 saturated carbocycles. The summed E-state index contributed by atoms with van der Waals surface area (Å²) >= 11 is 15.3. The Morgan fingerprint density at radius 2 is 1.08 bits per heavy atom. The van der Waals surface area contributed by atoms with Gasteiger partial charge in [0.05, 0.1) is 30.2 Å². The minimum atomic E-state index is -1.11. The zero-order valence-electron chi connectivity index (χ0n) is 37.4. The van der Waals surface area contributed by atoms with Crippen LogP contribution in [0.3, 0.4) is 0 Å². The standard InChI is InChI=1S/C26H21ClFN3O4S.C25H19ClFN3O4S/c1-3-21(33)30-8-9-31(20(13-30)26(34)35-2)25-18-12-19(27)22(23(28)24(18)29-36-25)17-11-15(32)10-14-6-4-5-7-16(14)17;1-2-20(32)29-7-8-30(19(12-29)25(33)34)24-17-11-18(26)21(22(27)23(17)28-35-24)16-10-14(31)9-13-5-3-4-6-15(13)16/h3-7,10-12,20,32H,1,8-9,13H2,2H3;2-6,9-11,19,31H,1,7-8,12H2,(H,33,34). The van der Waals surface area contributed by atoms with E-state index in [9.17, 15) is 34.5 Å². The second-order valence-corrected chi connectivity index (χ2v) is 18.9. The molecular weight excluding hydrogens is 998 g/mol. The van der Waals surface area contributed by atoms with Crippen molar-refractivity contribution in [2.24, 2.45) is 0 Å². The Kier molecular flexibility index (Phi) is 13.6. The van der Waals surface area contributed by atoms with Gasteiger partial charge in [-0.25, -0.2) is 18.4 Å². The molecule has 2 fully saturated rings. The van der Waals surface area contributed by atoms with Crippen molar-refractivity contribution in [3.63, 3.8) is 0 Å². The molecule has 20 heteroatoms. The summed E-state index contributed by atoms with van der Waals surface area (Å²) in [7, 11) is 1.28. The fraction of sp³-hybridized carbons (Fsp3) is 0.176. The number of phenols is 2. The Morgan fingerprint density at radius 1 is 0.662 bits per heavy atom. The lowest BCUT2D eigenvalue weighted by Crippen LogP contribution is -2.58. The SMILES string of the molecule is C=CC(=O)N1CCN(c2snc3c(F)c(-c4cc(O)cc5ccccc45)c(Cl)cc23)C(C(=O)O)C1.C=CC(=O)N1CCN(c2snc3c(F)c(-c4cc(O)cc5ccccc45)c(Cl)cc23)C(C(=O)OC)C1. The van der Waals surface area contributed by atoms with Gasteiger partial charge in [-0.1, -0.05) is 84.9 Å². The molecule has 0 bridgehead atoms. The first-order valence-electron chi connectivity index (χ1n) is 21.8. The number of anilines is 2. The number of ether oxygens (including phenoxy) is 1. The summed E-state index contributed by atoms with van der Waals surface area (Å²) in [5.74, 6) is -3.56. The van der Waals surface area contributed by atoms with Gasteiger partial charge in [-0.3, -0.25) is 9.59 Å². The second kappa shape index (κ2) is 19.8. The lowest BCUT2D eigenvalue weighted by Gasteiger charge is -2.40. The second-order valence-electron chi connectivity index (χ2n) is 16.5. The highest BCUT2D eigenvalue weighted by molar-refractivity contribution is 7.12. The Labute approximate surface area is 421 Å². The number of carbonyl (C=O) groups excluding carboxylic acids is 3. The quantitative estimate of drug-likeness (QED) is 0.0972. The number of carbonyl (C=O) groups is 4. The number of esters is 1. The van der Waals surface area contributed by atoms with Crippen molar-refractivity contribution in [3.05, 3.63) is 132 Å². The molecule has 71 heavy (non-hydrogen) atoms. The van der Waals surface area contributed by atoms with Gasteiger partial charge >= 0.3 is 11.9 Å². The number of phenolic OH excluding ortho intramolecular Hbond substituents is 2. The van der Waals surface area contributed by atoms with Crippen molar-refractivity contribution < 1.29 is 48.0 Å². The first-order chi connectivity index (χ1) is 34.1. The number of piperazine rings is 2. The summed E-state index contributed by atoms with van der Waals surface area (Å²) < 4.78 is 45.6. The van der Waals surface area contributed by atoms with Crippen LogP contribution in [0.2, 0.25) is 10.0 Å². The fourth-order valence-corrected chi connectivity index (χ4v) is 11.6. The molecule has 2 amide bonds. The van der Waals surface area contributed by atoms with Gasteiger partial charge in [0.25, 0.3) is 0 Å². The molecule has 8 aromatic rings. The summed E-state index contributed by atoms with van der Waals surface area (Å²) in [5, 5.41) is 35.4. The number of fused-ring (bicyclic) bond motifs is 4. The third-order valence-corrected chi connectivity index (χ3v) is 14.9. The third-order valence-electron chi connectivity index (χ3n) is 12.5. The van der Waals surface area contributed by atoms with E-state index in [1.165, 1.54) is 35.1 Å². The molecule has 0 spiro atoms. The number of aliphatic carboxylic acids is 1. The van der Waals surface area contributed by atoms with Crippen LogP contribution in [0.1, 0.15) is 0 Å². The topological polar surface area (TPSA) is 177 Å². The van der Waals surface area contributed by atoms with Crippen molar-refractivity contribution in [1.82, 2.24) is 18.5 Å². The number of hydrogen-bond acceptors (Lipinski definition) is 13. The van der Waals surface area contributed by atoms with Gasteiger partial charge in [-0.05, 0) is 104 Å². The zero-order valence-corrected chi connectivity index (χ0v) is 40.6. The smallest absolute Gasteiger partial charge is 0.330 e. The van der Waals surface area contributed by atoms with Crippen LogP contribution in [-0.4, -0.2) is 116 Å². The molecule has 2 atom stereocenters. The predicted octanol–water partition coefficient (Wildman–Crippen LogP) is 9.89. The van der Waals surface area contributed by atoms with E-state index in [2.05, 4.69) is 21.9 Å². The number of benzene rings is 6. The number of methoxy groups -OCH3 is 1. The maximum absolute atomic E-state index is 16.0. The Balaban J connectivity index is 0.000000176. The summed E-state index contributed by atoms with van der Waals surface area (Å²) in [5.41, 5.74) is 1.30. The normalized spacial score (nSPS) is 16.0. The van der Waals surface area contributed by atoms with Crippen molar-refractivity contribution in [2.75, 3.05) is 56.2 Å².